The number of alkyl halides is 3. The van der Waals surface area contributed by atoms with Crippen molar-refractivity contribution in [2.24, 2.45) is 0 Å². The van der Waals surface area contributed by atoms with E-state index in [0.717, 1.165) is 38.2 Å². The summed E-state index contributed by atoms with van der Waals surface area (Å²) in [6.45, 7) is 1.76. The Hall–Kier alpha value is -1.19. The average Bonchev–Trinajstić information content (AvgIpc) is 3.07. The molecule has 1 saturated heterocycles. The first-order chi connectivity index (χ1) is 11.4. The lowest BCUT2D eigenvalue weighted by atomic mass is 10.2. The van der Waals surface area contributed by atoms with Crippen LogP contribution in [0.2, 0.25) is 0 Å². The molecule has 1 unspecified atom stereocenters. The fourth-order valence-electron chi connectivity index (χ4n) is 2.94. The van der Waals surface area contributed by atoms with E-state index < -0.39 is 12.8 Å². The van der Waals surface area contributed by atoms with Gasteiger partial charge in [-0.2, -0.15) is 18.2 Å². The van der Waals surface area contributed by atoms with Gasteiger partial charge in [-0.1, -0.05) is 5.16 Å². The number of halogens is 3. The topological polar surface area (TPSA) is 54.6 Å². The van der Waals surface area contributed by atoms with E-state index >= 15 is 0 Å². The van der Waals surface area contributed by atoms with Crippen molar-refractivity contribution in [2.45, 2.75) is 43.9 Å². The predicted molar refractivity (Wildman–Crippen MR) is 79.5 cm³/mol. The summed E-state index contributed by atoms with van der Waals surface area (Å²) in [5.41, 5.74) is 0. The molecule has 0 spiro atoms. The van der Waals surface area contributed by atoms with Crippen molar-refractivity contribution in [1.82, 2.24) is 19.9 Å². The van der Waals surface area contributed by atoms with E-state index in [-0.39, 0.29) is 6.61 Å². The van der Waals surface area contributed by atoms with Gasteiger partial charge in [-0.05, 0) is 32.9 Å². The number of likely N-dealkylation sites (N-methyl/N-ethyl adjacent to an activating group) is 1. The number of nitrogens with zero attached hydrogens (tertiary/aromatic N) is 4. The Balaban J connectivity index is 1.36. The molecule has 0 bridgehead atoms. The summed E-state index contributed by atoms with van der Waals surface area (Å²) in [5, 5.41) is 4.02. The van der Waals surface area contributed by atoms with Gasteiger partial charge in [0.15, 0.2) is 5.82 Å². The molecule has 0 amide bonds. The lowest BCUT2D eigenvalue weighted by Crippen LogP contribution is -2.35. The summed E-state index contributed by atoms with van der Waals surface area (Å²) in [7, 11) is 2.02. The fraction of sp³-hybridized carbons (Fsp3) is 0.867. The van der Waals surface area contributed by atoms with E-state index in [2.05, 4.69) is 24.7 Å². The van der Waals surface area contributed by atoms with Crippen LogP contribution in [0.5, 0.6) is 0 Å². The maximum atomic E-state index is 12.0. The molecule has 9 heteroatoms. The zero-order valence-corrected chi connectivity index (χ0v) is 13.8. The van der Waals surface area contributed by atoms with E-state index in [0.29, 0.717) is 30.9 Å². The van der Waals surface area contributed by atoms with Gasteiger partial charge in [-0.25, -0.2) is 0 Å². The van der Waals surface area contributed by atoms with Crippen LogP contribution in [0.15, 0.2) is 4.52 Å². The fourth-order valence-corrected chi connectivity index (χ4v) is 2.94. The number of aromatic nitrogens is 2. The van der Waals surface area contributed by atoms with Crippen LogP contribution in [0.1, 0.15) is 36.9 Å². The Kier molecular flexibility index (Phi) is 5.41. The van der Waals surface area contributed by atoms with Crippen LogP contribution in [0.25, 0.3) is 0 Å². The van der Waals surface area contributed by atoms with Crippen LogP contribution in [0.3, 0.4) is 0 Å². The van der Waals surface area contributed by atoms with Crippen molar-refractivity contribution in [3.8, 4) is 0 Å². The average molecular weight is 348 g/mol. The molecule has 136 valence electrons. The maximum Gasteiger partial charge on any atom is 0.411 e. The first-order valence-electron chi connectivity index (χ1n) is 8.30. The second-order valence-corrected chi connectivity index (χ2v) is 6.65. The summed E-state index contributed by atoms with van der Waals surface area (Å²) in [5.74, 6) is 1.90. The zero-order valence-electron chi connectivity index (χ0n) is 13.8. The molecule has 1 aromatic heterocycles. The smallest absolute Gasteiger partial charge is 0.371 e. The molecule has 2 aliphatic rings. The SMILES string of the molecule is CN(Cc1noc(C2CC2)n1)C1CCN(CCOCC(F)(F)F)C1. The molecule has 1 atom stereocenters. The van der Waals surface area contributed by atoms with Crippen molar-refractivity contribution in [3.63, 3.8) is 0 Å². The molecule has 3 rings (SSSR count). The van der Waals surface area contributed by atoms with Gasteiger partial charge in [0, 0.05) is 25.0 Å². The van der Waals surface area contributed by atoms with Crippen molar-refractivity contribution in [2.75, 3.05) is 39.9 Å². The van der Waals surface area contributed by atoms with Gasteiger partial charge < -0.3 is 9.26 Å². The van der Waals surface area contributed by atoms with Crippen LogP contribution >= 0.6 is 0 Å². The number of ether oxygens (including phenoxy) is 1. The Labute approximate surface area is 138 Å². The molecule has 2 fully saturated rings. The van der Waals surface area contributed by atoms with E-state index in [4.69, 9.17) is 4.52 Å². The number of likely N-dealkylation sites (tertiary alicyclic amines) is 1. The highest BCUT2D eigenvalue weighted by Gasteiger charge is 2.31. The summed E-state index contributed by atoms with van der Waals surface area (Å²) in [6, 6.07) is 0.343. The van der Waals surface area contributed by atoms with E-state index in [1.165, 1.54) is 0 Å². The Bertz CT molecular complexity index is 533. The van der Waals surface area contributed by atoms with Crippen molar-refractivity contribution in [1.29, 1.82) is 0 Å². The molecule has 0 radical (unpaired) electrons. The first-order valence-corrected chi connectivity index (χ1v) is 8.30. The summed E-state index contributed by atoms with van der Waals surface area (Å²) >= 11 is 0. The second-order valence-electron chi connectivity index (χ2n) is 6.65. The third-order valence-corrected chi connectivity index (χ3v) is 4.49. The highest BCUT2D eigenvalue weighted by molar-refractivity contribution is 5.01. The maximum absolute atomic E-state index is 12.0. The third-order valence-electron chi connectivity index (χ3n) is 4.49. The van der Waals surface area contributed by atoms with Gasteiger partial charge in [0.05, 0.1) is 13.2 Å². The normalized spacial score (nSPS) is 22.6. The number of rotatable bonds is 8. The third kappa shape index (κ3) is 5.15. The van der Waals surface area contributed by atoms with Crippen LogP contribution < -0.4 is 0 Å². The minimum absolute atomic E-state index is 0.103. The lowest BCUT2D eigenvalue weighted by molar-refractivity contribution is -0.174. The monoisotopic (exact) mass is 348 g/mol. The minimum Gasteiger partial charge on any atom is -0.371 e. The Morgan fingerprint density at radius 2 is 2.12 bits per heavy atom. The summed E-state index contributed by atoms with van der Waals surface area (Å²) < 4.78 is 46.0. The van der Waals surface area contributed by atoms with Gasteiger partial charge in [0.2, 0.25) is 5.89 Å². The van der Waals surface area contributed by atoms with Crippen molar-refractivity contribution >= 4 is 0 Å². The van der Waals surface area contributed by atoms with Gasteiger partial charge in [-0.3, -0.25) is 9.80 Å². The number of hydrogen-bond acceptors (Lipinski definition) is 6. The molecule has 0 N–H and O–H groups in total. The first kappa shape index (κ1) is 17.6. The largest absolute Gasteiger partial charge is 0.411 e. The van der Waals surface area contributed by atoms with Crippen LogP contribution in [-0.4, -0.2) is 72.1 Å². The molecular formula is C15H23F3N4O2. The molecule has 0 aromatic carbocycles. The summed E-state index contributed by atoms with van der Waals surface area (Å²) in [6.07, 6.45) is -1.02. The molecule has 1 aliphatic carbocycles. The lowest BCUT2D eigenvalue weighted by Gasteiger charge is -2.23. The van der Waals surface area contributed by atoms with Crippen LogP contribution in [-0.2, 0) is 11.3 Å². The van der Waals surface area contributed by atoms with Gasteiger partial charge in [0.25, 0.3) is 0 Å². The highest BCUT2D eigenvalue weighted by atomic mass is 19.4. The predicted octanol–water partition coefficient (Wildman–Crippen LogP) is 2.03. The molecule has 2 heterocycles. The molecule has 24 heavy (non-hydrogen) atoms. The highest BCUT2D eigenvalue weighted by Crippen LogP contribution is 2.38. The van der Waals surface area contributed by atoms with E-state index in [1.54, 1.807) is 0 Å². The zero-order chi connectivity index (χ0) is 17.2. The van der Waals surface area contributed by atoms with Gasteiger partial charge in [0.1, 0.15) is 6.61 Å². The Morgan fingerprint density at radius 3 is 2.83 bits per heavy atom. The van der Waals surface area contributed by atoms with Gasteiger partial charge in [-0.15, -0.1) is 0 Å². The minimum atomic E-state index is -4.25. The van der Waals surface area contributed by atoms with E-state index in [1.807, 2.05) is 7.05 Å². The van der Waals surface area contributed by atoms with E-state index in [9.17, 15) is 13.2 Å². The van der Waals surface area contributed by atoms with Crippen LogP contribution in [0, 0.1) is 0 Å². The molecular weight excluding hydrogens is 325 g/mol. The Morgan fingerprint density at radius 1 is 1.33 bits per heavy atom. The summed E-state index contributed by atoms with van der Waals surface area (Å²) in [4.78, 5) is 8.73. The van der Waals surface area contributed by atoms with Crippen molar-refractivity contribution in [3.05, 3.63) is 11.7 Å². The quantitative estimate of drug-likeness (QED) is 0.670. The van der Waals surface area contributed by atoms with Crippen molar-refractivity contribution < 1.29 is 22.4 Å². The van der Waals surface area contributed by atoms with Gasteiger partial charge >= 0.3 is 6.18 Å². The molecule has 1 aromatic rings. The standard InChI is InChI=1S/C15H23F3N4O2/c1-21(9-13-19-14(24-20-13)11-2-3-11)12-4-5-22(8-12)6-7-23-10-15(16,17)18/h11-12H,2-10H2,1H3. The number of hydrogen-bond donors (Lipinski definition) is 0. The molecule has 1 saturated carbocycles. The van der Waals surface area contributed by atoms with Crippen LogP contribution in [0.4, 0.5) is 13.2 Å². The second kappa shape index (κ2) is 7.37. The molecule has 6 nitrogen and oxygen atoms in total. The molecule has 1 aliphatic heterocycles.